The van der Waals surface area contributed by atoms with Crippen molar-refractivity contribution in [2.75, 3.05) is 11.9 Å². The number of nitrogens with zero attached hydrogens (tertiary/aromatic N) is 2. The number of anilines is 1. The Hall–Kier alpha value is -0.680. The fourth-order valence-electron chi connectivity index (χ4n) is 2.72. The van der Waals surface area contributed by atoms with E-state index in [4.69, 9.17) is 4.74 Å². The molecule has 0 aromatic carbocycles. The molecule has 1 saturated carbocycles. The Morgan fingerprint density at radius 1 is 1.26 bits per heavy atom. The second-order valence-corrected chi connectivity index (χ2v) is 6.32. The largest absolute Gasteiger partial charge is 0.367 e. The molecular formula is C14H25N3OS. The first-order valence-electron chi connectivity index (χ1n) is 7.41. The maximum absolute atomic E-state index is 6.11. The third kappa shape index (κ3) is 3.66. The van der Waals surface area contributed by atoms with Gasteiger partial charge in [-0.25, -0.2) is 4.98 Å². The molecule has 1 fully saturated rings. The van der Waals surface area contributed by atoms with Gasteiger partial charge in [0.15, 0.2) is 5.82 Å². The molecule has 0 amide bonds. The van der Waals surface area contributed by atoms with Crippen LogP contribution in [0.1, 0.15) is 65.1 Å². The Morgan fingerprint density at radius 2 is 1.95 bits per heavy atom. The third-order valence-corrected chi connectivity index (χ3v) is 4.22. The number of rotatable bonds is 5. The number of hydrogen-bond donors (Lipinski definition) is 1. The van der Waals surface area contributed by atoms with Gasteiger partial charge in [-0.3, -0.25) is 0 Å². The van der Waals surface area contributed by atoms with Gasteiger partial charge in [0.2, 0.25) is 5.13 Å². The van der Waals surface area contributed by atoms with E-state index >= 15 is 0 Å². The second kappa shape index (κ2) is 6.66. The van der Waals surface area contributed by atoms with Crippen molar-refractivity contribution in [3.8, 4) is 0 Å². The zero-order valence-electron chi connectivity index (χ0n) is 12.2. The Balaban J connectivity index is 2.19. The van der Waals surface area contributed by atoms with Crippen molar-refractivity contribution in [1.82, 2.24) is 9.36 Å². The molecule has 19 heavy (non-hydrogen) atoms. The molecule has 0 spiro atoms. The normalized spacial score (nSPS) is 19.4. The zero-order chi connectivity index (χ0) is 13.7. The lowest BCUT2D eigenvalue weighted by Gasteiger charge is -2.29. The molecule has 0 radical (unpaired) electrons. The van der Waals surface area contributed by atoms with Crippen LogP contribution in [0.2, 0.25) is 0 Å². The zero-order valence-corrected chi connectivity index (χ0v) is 13.1. The molecule has 108 valence electrons. The molecule has 5 heteroatoms. The smallest absolute Gasteiger partial charge is 0.202 e. The van der Waals surface area contributed by atoms with Crippen molar-refractivity contribution in [3.05, 3.63) is 5.82 Å². The van der Waals surface area contributed by atoms with E-state index in [0.717, 1.165) is 30.4 Å². The van der Waals surface area contributed by atoms with Gasteiger partial charge < -0.3 is 10.1 Å². The molecular weight excluding hydrogens is 258 g/mol. The molecule has 0 bridgehead atoms. The fraction of sp³-hybridized carbons (Fsp3) is 0.857. The van der Waals surface area contributed by atoms with Crippen LogP contribution < -0.4 is 5.32 Å². The molecule has 0 aliphatic heterocycles. The van der Waals surface area contributed by atoms with E-state index in [0.29, 0.717) is 6.04 Å². The van der Waals surface area contributed by atoms with E-state index in [1.165, 1.54) is 37.2 Å². The van der Waals surface area contributed by atoms with Gasteiger partial charge in [-0.2, -0.15) is 4.37 Å². The first kappa shape index (κ1) is 14.7. The minimum Gasteiger partial charge on any atom is -0.367 e. The van der Waals surface area contributed by atoms with E-state index < -0.39 is 0 Å². The standard InChI is InChI=1S/C14H25N3OS/c1-4-18-14(9-7-5-6-8-10-14)12-16-13(19-17-12)15-11(2)3/h11H,4-10H2,1-3H3,(H,15,16,17). The van der Waals surface area contributed by atoms with Crippen LogP contribution in [0.4, 0.5) is 5.13 Å². The van der Waals surface area contributed by atoms with Gasteiger partial charge in [0, 0.05) is 24.2 Å². The Morgan fingerprint density at radius 3 is 2.53 bits per heavy atom. The van der Waals surface area contributed by atoms with Crippen LogP contribution in [0.5, 0.6) is 0 Å². The highest BCUT2D eigenvalue weighted by Gasteiger charge is 2.37. The van der Waals surface area contributed by atoms with Crippen molar-refractivity contribution in [1.29, 1.82) is 0 Å². The van der Waals surface area contributed by atoms with Gasteiger partial charge in [-0.1, -0.05) is 25.7 Å². The summed E-state index contributed by atoms with van der Waals surface area (Å²) in [5.41, 5.74) is -0.237. The van der Waals surface area contributed by atoms with Crippen molar-refractivity contribution in [3.63, 3.8) is 0 Å². The third-order valence-electron chi connectivity index (χ3n) is 3.58. The molecule has 1 aliphatic carbocycles. The van der Waals surface area contributed by atoms with Crippen molar-refractivity contribution in [2.24, 2.45) is 0 Å². The molecule has 0 saturated heterocycles. The lowest BCUT2D eigenvalue weighted by atomic mass is 9.93. The van der Waals surface area contributed by atoms with Crippen molar-refractivity contribution in [2.45, 2.75) is 70.9 Å². The Labute approximate surface area is 120 Å². The van der Waals surface area contributed by atoms with Crippen LogP contribution in [0.25, 0.3) is 0 Å². The molecule has 1 aliphatic rings. The number of ether oxygens (including phenoxy) is 1. The lowest BCUT2D eigenvalue weighted by molar-refractivity contribution is -0.0615. The quantitative estimate of drug-likeness (QED) is 0.831. The first-order valence-corrected chi connectivity index (χ1v) is 8.18. The molecule has 4 nitrogen and oxygen atoms in total. The topological polar surface area (TPSA) is 47.0 Å². The summed E-state index contributed by atoms with van der Waals surface area (Å²) in [6, 6.07) is 0.387. The van der Waals surface area contributed by atoms with Crippen molar-refractivity contribution >= 4 is 16.7 Å². The summed E-state index contributed by atoms with van der Waals surface area (Å²) in [5, 5.41) is 4.24. The van der Waals surface area contributed by atoms with Crippen LogP contribution in [0, 0.1) is 0 Å². The van der Waals surface area contributed by atoms with E-state index in [1.54, 1.807) is 0 Å². The summed E-state index contributed by atoms with van der Waals surface area (Å²) in [6.45, 7) is 7.02. The molecule has 1 heterocycles. The molecule has 1 aromatic heterocycles. The van der Waals surface area contributed by atoms with Gasteiger partial charge in [0.1, 0.15) is 5.60 Å². The first-order chi connectivity index (χ1) is 9.16. The number of hydrogen-bond acceptors (Lipinski definition) is 5. The minimum absolute atomic E-state index is 0.237. The molecule has 2 rings (SSSR count). The van der Waals surface area contributed by atoms with Crippen LogP contribution in [0.3, 0.4) is 0 Å². The maximum Gasteiger partial charge on any atom is 0.202 e. The molecule has 1 aromatic rings. The van der Waals surface area contributed by atoms with Gasteiger partial charge in [-0.05, 0) is 33.6 Å². The summed E-state index contributed by atoms with van der Waals surface area (Å²) in [7, 11) is 0. The predicted octanol–water partition coefficient (Wildman–Crippen LogP) is 3.94. The number of aromatic nitrogens is 2. The van der Waals surface area contributed by atoms with E-state index in [9.17, 15) is 0 Å². The van der Waals surface area contributed by atoms with Gasteiger partial charge in [0.25, 0.3) is 0 Å². The monoisotopic (exact) mass is 283 g/mol. The highest BCUT2D eigenvalue weighted by atomic mass is 32.1. The SMILES string of the molecule is CCOC1(c2nsc(NC(C)C)n2)CCCCCC1. The minimum atomic E-state index is -0.237. The lowest BCUT2D eigenvalue weighted by Crippen LogP contribution is -2.30. The summed E-state index contributed by atoms with van der Waals surface area (Å²) in [4.78, 5) is 4.68. The van der Waals surface area contributed by atoms with Crippen LogP contribution in [-0.4, -0.2) is 22.0 Å². The van der Waals surface area contributed by atoms with Gasteiger partial charge in [-0.15, -0.1) is 0 Å². The van der Waals surface area contributed by atoms with E-state index in [-0.39, 0.29) is 5.60 Å². The van der Waals surface area contributed by atoms with Gasteiger partial charge >= 0.3 is 0 Å². The second-order valence-electron chi connectivity index (χ2n) is 5.56. The van der Waals surface area contributed by atoms with E-state index in [2.05, 4.69) is 35.4 Å². The average Bonchev–Trinajstić information content (AvgIpc) is 2.69. The van der Waals surface area contributed by atoms with Gasteiger partial charge in [0.05, 0.1) is 0 Å². The van der Waals surface area contributed by atoms with Crippen LogP contribution in [0.15, 0.2) is 0 Å². The summed E-state index contributed by atoms with van der Waals surface area (Å²) < 4.78 is 10.7. The molecule has 0 atom stereocenters. The Bertz CT molecular complexity index is 384. The fourth-order valence-corrected chi connectivity index (χ4v) is 3.52. The van der Waals surface area contributed by atoms with Crippen molar-refractivity contribution < 1.29 is 4.74 Å². The summed E-state index contributed by atoms with van der Waals surface area (Å²) in [5.74, 6) is 0.893. The van der Waals surface area contributed by atoms with E-state index in [1.807, 2.05) is 0 Å². The highest BCUT2D eigenvalue weighted by molar-refractivity contribution is 7.09. The molecule has 0 unspecified atom stereocenters. The summed E-state index contributed by atoms with van der Waals surface area (Å²) in [6.07, 6.45) is 7.14. The number of nitrogens with one attached hydrogen (secondary N) is 1. The van der Waals surface area contributed by atoms with Crippen LogP contribution in [-0.2, 0) is 10.3 Å². The van der Waals surface area contributed by atoms with Crippen LogP contribution >= 0.6 is 11.5 Å². The maximum atomic E-state index is 6.11. The Kier molecular flexibility index (Phi) is 5.16. The predicted molar refractivity (Wildman–Crippen MR) is 79.7 cm³/mol. The highest BCUT2D eigenvalue weighted by Crippen LogP contribution is 2.39. The molecule has 1 N–H and O–H groups in total. The average molecular weight is 283 g/mol. The summed E-state index contributed by atoms with van der Waals surface area (Å²) >= 11 is 1.45.